The Hall–Kier alpha value is -4.03. The Kier molecular flexibility index (Phi) is 7.38. The van der Waals surface area contributed by atoms with E-state index in [1.807, 2.05) is 0 Å². The highest BCUT2D eigenvalue weighted by molar-refractivity contribution is 6.00. The molecule has 30 heavy (non-hydrogen) atoms. The smallest absolute Gasteiger partial charge is 0.323 e. The van der Waals surface area contributed by atoms with Gasteiger partial charge in [0.1, 0.15) is 5.69 Å². The molecule has 0 saturated heterocycles. The van der Waals surface area contributed by atoms with Crippen LogP contribution in [-0.2, 0) is 9.53 Å². The number of carbonyl (C=O) groups is 1. The van der Waals surface area contributed by atoms with Gasteiger partial charge in [0.05, 0.1) is 34.4 Å². The summed E-state index contributed by atoms with van der Waals surface area (Å²) in [6.45, 7) is 1.66. The number of imidazole rings is 1. The van der Waals surface area contributed by atoms with Crippen LogP contribution in [0.1, 0.15) is 37.1 Å². The summed E-state index contributed by atoms with van der Waals surface area (Å²) in [4.78, 5) is 48.7. The van der Waals surface area contributed by atoms with Crippen LogP contribution < -0.4 is 11.1 Å². The molecule has 0 aliphatic rings. The van der Waals surface area contributed by atoms with Gasteiger partial charge < -0.3 is 14.7 Å². The number of esters is 1. The number of nitrogens with zero attached hydrogens (tertiary/aromatic N) is 3. The van der Waals surface area contributed by atoms with E-state index in [4.69, 9.17) is 0 Å². The number of hydrogen-bond donors (Lipinski definition) is 3. The van der Waals surface area contributed by atoms with Crippen molar-refractivity contribution in [3.63, 3.8) is 0 Å². The lowest BCUT2D eigenvalue weighted by Gasteiger charge is -2.08. The van der Waals surface area contributed by atoms with Crippen molar-refractivity contribution in [2.45, 2.75) is 32.6 Å². The lowest BCUT2D eigenvalue weighted by atomic mass is 10.1. The molecule has 0 unspecified atom stereocenters. The van der Waals surface area contributed by atoms with E-state index in [2.05, 4.69) is 25.2 Å². The zero-order chi connectivity index (χ0) is 22.3. The van der Waals surface area contributed by atoms with Crippen LogP contribution in [0.3, 0.4) is 0 Å². The van der Waals surface area contributed by atoms with Crippen molar-refractivity contribution in [3.8, 4) is 0 Å². The molecule has 0 radical (unpaired) electrons. The molecule has 1 aromatic heterocycles. The number of unbranched alkanes of at least 4 members (excludes halogenated alkanes) is 1. The zero-order valence-corrected chi connectivity index (χ0v) is 16.3. The summed E-state index contributed by atoms with van der Waals surface area (Å²) in [7, 11) is 1.30. The summed E-state index contributed by atoms with van der Waals surface area (Å²) < 4.78 is 4.59. The lowest BCUT2D eigenvalue weighted by Crippen LogP contribution is -2.10. The third-order valence-corrected chi connectivity index (χ3v) is 4.18. The fourth-order valence-electron chi connectivity index (χ4n) is 2.67. The van der Waals surface area contributed by atoms with Crippen LogP contribution in [0.5, 0.6) is 0 Å². The fraction of sp³-hybridized carbons (Fsp3) is 0.353. The van der Waals surface area contributed by atoms with Gasteiger partial charge in [-0.15, -0.1) is 0 Å². The quantitative estimate of drug-likeness (QED) is 0.172. The molecule has 2 aromatic rings. The van der Waals surface area contributed by atoms with E-state index in [1.54, 1.807) is 6.92 Å². The molecule has 0 fully saturated rings. The van der Waals surface area contributed by atoms with Gasteiger partial charge in [-0.3, -0.25) is 30.4 Å². The summed E-state index contributed by atoms with van der Waals surface area (Å²) in [5.41, 5.74) is 2.45. The van der Waals surface area contributed by atoms with Gasteiger partial charge in [0.15, 0.2) is 0 Å². The van der Waals surface area contributed by atoms with Gasteiger partial charge in [-0.2, -0.15) is 5.10 Å². The predicted octanol–water partition coefficient (Wildman–Crippen LogP) is 2.38. The van der Waals surface area contributed by atoms with Crippen molar-refractivity contribution in [1.82, 2.24) is 9.97 Å². The zero-order valence-electron chi connectivity index (χ0n) is 16.3. The van der Waals surface area contributed by atoms with Gasteiger partial charge in [-0.1, -0.05) is 0 Å². The number of methoxy groups -OCH3 is 1. The number of aromatic amines is 2. The van der Waals surface area contributed by atoms with E-state index in [0.717, 1.165) is 12.1 Å². The Bertz CT molecular complexity index is 1040. The third kappa shape index (κ3) is 5.73. The minimum atomic E-state index is -0.760. The van der Waals surface area contributed by atoms with E-state index in [1.165, 1.54) is 13.2 Å². The normalized spacial score (nSPS) is 11.2. The Balaban J connectivity index is 2.29. The number of rotatable bonds is 10. The summed E-state index contributed by atoms with van der Waals surface area (Å²) >= 11 is 0. The maximum Gasteiger partial charge on any atom is 0.323 e. The minimum Gasteiger partial charge on any atom is -0.469 e. The van der Waals surface area contributed by atoms with E-state index in [-0.39, 0.29) is 18.1 Å². The molecule has 0 amide bonds. The molecule has 0 spiro atoms. The van der Waals surface area contributed by atoms with Gasteiger partial charge in [0.2, 0.25) is 0 Å². The van der Waals surface area contributed by atoms with Gasteiger partial charge >= 0.3 is 17.3 Å². The van der Waals surface area contributed by atoms with E-state index < -0.39 is 26.9 Å². The standard InChI is InChI=1S/C17H20N6O7/c1-10-16(19-17(25)18-10)13(5-3-4-6-15(24)30-2)21-20-12-8-7-11(22(26)27)9-14(12)23(28)29/h7-9,20H,3-6H2,1-2H3,(H2,18,19,25)/b21-13+. The number of anilines is 1. The second-order valence-corrected chi connectivity index (χ2v) is 6.25. The molecule has 0 atom stereocenters. The number of non-ortho nitro benzene ring substituents is 1. The molecular weight excluding hydrogens is 400 g/mol. The molecule has 2 rings (SSSR count). The van der Waals surface area contributed by atoms with Crippen molar-refractivity contribution in [2.24, 2.45) is 5.10 Å². The number of nitrogens with one attached hydrogen (secondary N) is 3. The van der Waals surface area contributed by atoms with Crippen LogP contribution in [-0.4, -0.2) is 38.6 Å². The summed E-state index contributed by atoms with van der Waals surface area (Å²) in [6, 6.07) is 3.13. The molecule has 0 bridgehead atoms. The van der Waals surface area contributed by atoms with E-state index in [9.17, 15) is 29.8 Å². The number of ether oxygens (including phenoxy) is 1. The molecule has 0 aliphatic carbocycles. The number of hydrazone groups is 1. The second kappa shape index (κ2) is 9.95. The van der Waals surface area contributed by atoms with Crippen molar-refractivity contribution >= 4 is 28.7 Å². The number of nitro benzene ring substituents is 2. The summed E-state index contributed by atoms with van der Waals surface area (Å²) in [5.74, 6) is -0.348. The van der Waals surface area contributed by atoms with Gasteiger partial charge in [0, 0.05) is 18.2 Å². The molecule has 0 saturated carbocycles. The number of carbonyl (C=O) groups excluding carboxylic acids is 1. The summed E-state index contributed by atoms with van der Waals surface area (Å²) in [5, 5.41) is 26.3. The number of aromatic nitrogens is 2. The van der Waals surface area contributed by atoms with Crippen molar-refractivity contribution in [2.75, 3.05) is 12.5 Å². The Labute approximate surface area is 169 Å². The fourth-order valence-corrected chi connectivity index (χ4v) is 2.67. The molecule has 0 aliphatic heterocycles. The maximum absolute atomic E-state index is 11.6. The Morgan fingerprint density at radius 3 is 2.43 bits per heavy atom. The van der Waals surface area contributed by atoms with Crippen molar-refractivity contribution in [1.29, 1.82) is 0 Å². The van der Waals surface area contributed by atoms with Gasteiger partial charge in [0.25, 0.3) is 5.69 Å². The monoisotopic (exact) mass is 420 g/mol. The largest absolute Gasteiger partial charge is 0.469 e. The molecule has 3 N–H and O–H groups in total. The molecule has 1 aromatic carbocycles. The highest BCUT2D eigenvalue weighted by Crippen LogP contribution is 2.29. The lowest BCUT2D eigenvalue weighted by molar-refractivity contribution is -0.393. The van der Waals surface area contributed by atoms with E-state index in [0.29, 0.717) is 36.4 Å². The maximum atomic E-state index is 11.6. The van der Waals surface area contributed by atoms with Crippen LogP contribution in [0.15, 0.2) is 28.1 Å². The van der Waals surface area contributed by atoms with Crippen molar-refractivity contribution in [3.05, 3.63) is 60.3 Å². The number of benzene rings is 1. The average molecular weight is 420 g/mol. The first-order valence-corrected chi connectivity index (χ1v) is 8.84. The van der Waals surface area contributed by atoms with Crippen LogP contribution in [0.4, 0.5) is 17.1 Å². The molecular formula is C17H20N6O7. The van der Waals surface area contributed by atoms with Crippen molar-refractivity contribution < 1.29 is 19.4 Å². The van der Waals surface area contributed by atoms with E-state index >= 15 is 0 Å². The molecule has 1 heterocycles. The van der Waals surface area contributed by atoms with Crippen LogP contribution in [0.2, 0.25) is 0 Å². The minimum absolute atomic E-state index is 0.0480. The number of aryl methyl sites for hydroxylation is 1. The number of nitro groups is 2. The first kappa shape index (κ1) is 22.3. The first-order chi connectivity index (χ1) is 14.2. The molecule has 13 heteroatoms. The SMILES string of the molecule is COC(=O)CCCC/C(=N\Nc1ccc([N+](=O)[O-])cc1[N+](=O)[O-])c1[nH]c(=O)[nH]c1C. The van der Waals surface area contributed by atoms with Gasteiger partial charge in [-0.25, -0.2) is 4.79 Å². The topological polar surface area (TPSA) is 186 Å². The van der Waals surface area contributed by atoms with Crippen LogP contribution in [0, 0.1) is 27.2 Å². The molecule has 13 nitrogen and oxygen atoms in total. The number of H-pyrrole nitrogens is 2. The second-order valence-electron chi connectivity index (χ2n) is 6.25. The van der Waals surface area contributed by atoms with Crippen LogP contribution >= 0.6 is 0 Å². The van der Waals surface area contributed by atoms with Crippen LogP contribution in [0.25, 0.3) is 0 Å². The van der Waals surface area contributed by atoms with Gasteiger partial charge in [-0.05, 0) is 32.3 Å². The Morgan fingerprint density at radius 1 is 1.17 bits per heavy atom. The third-order valence-electron chi connectivity index (χ3n) is 4.18. The highest BCUT2D eigenvalue weighted by Gasteiger charge is 2.20. The average Bonchev–Trinajstić information content (AvgIpc) is 3.04. The predicted molar refractivity (Wildman–Crippen MR) is 107 cm³/mol. The molecule has 160 valence electrons. The Morgan fingerprint density at radius 2 is 1.87 bits per heavy atom. The summed E-state index contributed by atoms with van der Waals surface area (Å²) in [6.07, 6.45) is 1.61. The first-order valence-electron chi connectivity index (χ1n) is 8.84. The highest BCUT2D eigenvalue weighted by atomic mass is 16.6. The number of hydrogen-bond acceptors (Lipinski definition) is 9.